The van der Waals surface area contributed by atoms with E-state index in [1.807, 2.05) is 12.1 Å². The molecular formula is C17H10NO5S-. The van der Waals surface area contributed by atoms with Gasteiger partial charge in [-0.2, -0.15) is 0 Å². The predicted octanol–water partition coefficient (Wildman–Crippen LogP) is 2.44. The van der Waals surface area contributed by atoms with Crippen LogP contribution in [0.5, 0.6) is 11.5 Å². The molecule has 0 saturated heterocycles. The van der Waals surface area contributed by atoms with Crippen LogP contribution in [0.15, 0.2) is 57.0 Å². The molecule has 2 aromatic carbocycles. The van der Waals surface area contributed by atoms with Crippen molar-refractivity contribution in [3.63, 3.8) is 0 Å². The van der Waals surface area contributed by atoms with Crippen LogP contribution in [-0.2, 0) is 4.79 Å². The van der Waals surface area contributed by atoms with E-state index in [0.717, 1.165) is 11.8 Å². The third-order valence-corrected chi connectivity index (χ3v) is 4.22. The normalized spacial score (nSPS) is 13.4. The summed E-state index contributed by atoms with van der Waals surface area (Å²) in [6.45, 7) is 0.160. The molecule has 0 N–H and O–H groups in total. The zero-order chi connectivity index (χ0) is 16.5. The minimum Gasteiger partial charge on any atom is -0.544 e. The maximum atomic E-state index is 11.4. The highest BCUT2D eigenvalue weighted by atomic mass is 32.2. The van der Waals surface area contributed by atoms with Crippen molar-refractivity contribution in [3.05, 3.63) is 52.9 Å². The fraction of sp³-hybridized carbons (Fsp3) is 0.0588. The summed E-state index contributed by atoms with van der Waals surface area (Å²) in [7, 11) is 0. The Hall–Kier alpha value is -2.93. The number of thioether (sulfide) groups is 1. The van der Waals surface area contributed by atoms with E-state index in [1.54, 1.807) is 30.3 Å². The summed E-state index contributed by atoms with van der Waals surface area (Å²) in [5.74, 6) is -0.0954. The number of para-hydroxylation sites is 2. The molecule has 1 aliphatic rings. The number of carbonyl (C=O) groups excluding carboxylic acids is 1. The van der Waals surface area contributed by atoms with Crippen LogP contribution in [0.1, 0.15) is 5.56 Å². The highest BCUT2D eigenvalue weighted by Gasteiger charge is 2.14. The van der Waals surface area contributed by atoms with Crippen LogP contribution in [0.4, 0.5) is 0 Å². The maximum absolute atomic E-state index is 11.4. The summed E-state index contributed by atoms with van der Waals surface area (Å²) in [5, 5.41) is 11.7. The Morgan fingerprint density at radius 3 is 2.83 bits per heavy atom. The molecule has 0 aliphatic carbocycles. The monoisotopic (exact) mass is 340 g/mol. The van der Waals surface area contributed by atoms with E-state index in [0.29, 0.717) is 28.2 Å². The number of ether oxygens (including phenoxy) is 2. The number of fused-ring (bicyclic) bond motifs is 2. The topological polar surface area (TPSA) is 84.6 Å². The minimum atomic E-state index is -1.31. The summed E-state index contributed by atoms with van der Waals surface area (Å²) in [6.07, 6.45) is 1.48. The Morgan fingerprint density at radius 1 is 1.17 bits per heavy atom. The zero-order valence-corrected chi connectivity index (χ0v) is 13.0. The quantitative estimate of drug-likeness (QED) is 0.533. The average molecular weight is 340 g/mol. The molecule has 0 saturated carbocycles. The number of hydrogen-bond acceptors (Lipinski definition) is 7. The Balaban J connectivity index is 1.65. The number of rotatable bonds is 4. The van der Waals surface area contributed by atoms with E-state index in [-0.39, 0.29) is 16.9 Å². The zero-order valence-electron chi connectivity index (χ0n) is 12.2. The molecule has 4 rings (SSSR count). The van der Waals surface area contributed by atoms with E-state index in [1.165, 1.54) is 6.08 Å². The third kappa shape index (κ3) is 2.81. The lowest BCUT2D eigenvalue weighted by atomic mass is 10.2. The van der Waals surface area contributed by atoms with Gasteiger partial charge in [0.1, 0.15) is 5.52 Å². The number of aromatic nitrogens is 1. The Labute approximate surface area is 140 Å². The molecular weight excluding hydrogens is 330 g/mol. The van der Waals surface area contributed by atoms with Gasteiger partial charge in [-0.05, 0) is 47.7 Å². The number of nitrogens with zero attached hydrogens (tertiary/aromatic N) is 1. The SMILES string of the molecule is O=C([O-])/C(=C\c1ccc2c(c1)OCO2)Sc1nc2ccccc2o1. The fourth-order valence-corrected chi connectivity index (χ4v) is 3.02. The molecule has 0 atom stereocenters. The predicted molar refractivity (Wildman–Crippen MR) is 85.4 cm³/mol. The Bertz CT molecular complexity index is 930. The van der Waals surface area contributed by atoms with E-state index in [9.17, 15) is 9.90 Å². The average Bonchev–Trinajstić information content (AvgIpc) is 3.19. The lowest BCUT2D eigenvalue weighted by Gasteiger charge is -2.06. The standard InChI is InChI=1S/C17H11NO5S/c19-16(20)15(8-10-5-6-13-14(7-10)22-9-21-13)24-17-18-11-3-1-2-4-12(11)23-17/h1-8H,9H2,(H,19,20)/p-1/b15-8+. The van der Waals surface area contributed by atoms with Gasteiger partial charge in [0.05, 0.1) is 5.97 Å². The lowest BCUT2D eigenvalue weighted by molar-refractivity contribution is -0.298. The number of oxazole rings is 1. The second-order valence-electron chi connectivity index (χ2n) is 4.96. The molecule has 7 heteroatoms. The highest BCUT2D eigenvalue weighted by Crippen LogP contribution is 2.35. The van der Waals surface area contributed by atoms with Gasteiger partial charge in [0.2, 0.25) is 6.79 Å². The smallest absolute Gasteiger partial charge is 0.261 e. The Kier molecular flexibility index (Phi) is 3.62. The minimum absolute atomic E-state index is 0.0135. The summed E-state index contributed by atoms with van der Waals surface area (Å²) in [5.41, 5.74) is 1.92. The molecule has 1 aliphatic heterocycles. The van der Waals surface area contributed by atoms with Gasteiger partial charge in [0.25, 0.3) is 5.22 Å². The molecule has 0 radical (unpaired) electrons. The van der Waals surface area contributed by atoms with Crippen molar-refractivity contribution in [1.29, 1.82) is 0 Å². The van der Waals surface area contributed by atoms with Crippen LogP contribution < -0.4 is 14.6 Å². The van der Waals surface area contributed by atoms with Gasteiger partial charge in [0.15, 0.2) is 17.1 Å². The Morgan fingerprint density at radius 2 is 2.00 bits per heavy atom. The molecule has 24 heavy (non-hydrogen) atoms. The van der Waals surface area contributed by atoms with Crippen molar-refractivity contribution in [2.24, 2.45) is 0 Å². The van der Waals surface area contributed by atoms with Crippen LogP contribution in [0, 0.1) is 0 Å². The first-order chi connectivity index (χ1) is 11.7. The molecule has 0 amide bonds. The molecule has 0 unspecified atom stereocenters. The maximum Gasteiger partial charge on any atom is 0.261 e. The summed E-state index contributed by atoms with van der Waals surface area (Å²) in [6, 6.07) is 12.4. The van der Waals surface area contributed by atoms with Gasteiger partial charge in [-0.3, -0.25) is 0 Å². The summed E-state index contributed by atoms with van der Waals surface area (Å²) < 4.78 is 16.1. The summed E-state index contributed by atoms with van der Waals surface area (Å²) in [4.78, 5) is 15.7. The van der Waals surface area contributed by atoms with Gasteiger partial charge in [-0.1, -0.05) is 18.2 Å². The third-order valence-electron chi connectivity index (χ3n) is 3.37. The number of hydrogen-bond donors (Lipinski definition) is 0. The first-order valence-electron chi connectivity index (χ1n) is 7.05. The number of benzene rings is 2. The molecule has 1 aromatic heterocycles. The molecule has 3 aromatic rings. The number of carboxylic acid groups (broad SMARTS) is 1. The van der Waals surface area contributed by atoms with Gasteiger partial charge >= 0.3 is 0 Å². The molecule has 0 spiro atoms. The van der Waals surface area contributed by atoms with Gasteiger partial charge < -0.3 is 23.8 Å². The van der Waals surface area contributed by atoms with Crippen LogP contribution in [-0.4, -0.2) is 17.7 Å². The van der Waals surface area contributed by atoms with Crippen molar-refractivity contribution in [2.75, 3.05) is 6.79 Å². The van der Waals surface area contributed by atoms with Crippen LogP contribution in [0.2, 0.25) is 0 Å². The highest BCUT2D eigenvalue weighted by molar-refractivity contribution is 8.03. The summed E-state index contributed by atoms with van der Waals surface area (Å²) >= 11 is 0.900. The van der Waals surface area contributed by atoms with Crippen LogP contribution >= 0.6 is 11.8 Å². The van der Waals surface area contributed by atoms with Crippen molar-refractivity contribution >= 4 is 34.9 Å². The molecule has 120 valence electrons. The van der Waals surface area contributed by atoms with Crippen LogP contribution in [0.3, 0.4) is 0 Å². The van der Waals surface area contributed by atoms with Crippen molar-refractivity contribution < 1.29 is 23.8 Å². The second-order valence-corrected chi connectivity index (χ2v) is 5.95. The fourth-order valence-electron chi connectivity index (χ4n) is 2.27. The van der Waals surface area contributed by atoms with E-state index >= 15 is 0 Å². The largest absolute Gasteiger partial charge is 0.544 e. The van der Waals surface area contributed by atoms with Gasteiger partial charge in [-0.25, -0.2) is 4.98 Å². The van der Waals surface area contributed by atoms with E-state index in [2.05, 4.69) is 4.98 Å². The van der Waals surface area contributed by atoms with Crippen molar-refractivity contribution in [2.45, 2.75) is 5.22 Å². The van der Waals surface area contributed by atoms with Crippen molar-refractivity contribution in [3.8, 4) is 11.5 Å². The number of aliphatic carboxylic acids is 1. The second kappa shape index (κ2) is 5.93. The number of carbonyl (C=O) groups is 1. The van der Waals surface area contributed by atoms with E-state index in [4.69, 9.17) is 13.9 Å². The molecule has 0 fully saturated rings. The van der Waals surface area contributed by atoms with E-state index < -0.39 is 5.97 Å². The van der Waals surface area contributed by atoms with Gasteiger partial charge in [0, 0.05) is 4.91 Å². The molecule has 0 bridgehead atoms. The van der Waals surface area contributed by atoms with Gasteiger partial charge in [-0.15, -0.1) is 0 Å². The lowest BCUT2D eigenvalue weighted by Crippen LogP contribution is -2.22. The molecule has 2 heterocycles. The number of carboxylic acids is 1. The van der Waals surface area contributed by atoms with Crippen LogP contribution in [0.25, 0.3) is 17.2 Å². The van der Waals surface area contributed by atoms with Crippen molar-refractivity contribution in [1.82, 2.24) is 4.98 Å². The first-order valence-corrected chi connectivity index (χ1v) is 7.87. The first kappa shape index (κ1) is 14.6. The molecule has 6 nitrogen and oxygen atoms in total.